The topological polar surface area (TPSA) is 0 Å². The molecule has 0 amide bonds. The molecule has 12 heavy (non-hydrogen) atoms. The number of hydrogen-bond donors (Lipinski definition) is 0. The van der Waals surface area contributed by atoms with Crippen LogP contribution in [-0.2, 0) is 0 Å². The summed E-state index contributed by atoms with van der Waals surface area (Å²) >= 11 is 0. The fraction of sp³-hybridized carbons (Fsp3) is 0.500. The van der Waals surface area contributed by atoms with E-state index in [1.54, 1.807) is 0 Å². The second-order valence-corrected chi connectivity index (χ2v) is 3.84. The zero-order valence-corrected chi connectivity index (χ0v) is 8.99. The molecule has 0 fully saturated rings. The summed E-state index contributed by atoms with van der Waals surface area (Å²) in [4.78, 5) is 0. The van der Waals surface area contributed by atoms with E-state index < -0.39 is 0 Å². The Morgan fingerprint density at radius 2 is 1.42 bits per heavy atom. The van der Waals surface area contributed by atoms with Gasteiger partial charge in [-0.25, -0.2) is 0 Å². The quantitative estimate of drug-likeness (QED) is 0.551. The molecule has 0 aliphatic carbocycles. The molecular weight excluding hydrogens is 144 g/mol. The lowest BCUT2D eigenvalue weighted by Crippen LogP contribution is -1.99. The molecular formula is C12H20. The maximum absolute atomic E-state index is 4.08. The van der Waals surface area contributed by atoms with E-state index in [2.05, 4.69) is 40.9 Å². The zero-order valence-electron chi connectivity index (χ0n) is 8.99. The molecule has 0 heterocycles. The summed E-state index contributed by atoms with van der Waals surface area (Å²) in [5, 5.41) is 0. The van der Waals surface area contributed by atoms with Crippen molar-refractivity contribution in [3.63, 3.8) is 0 Å². The van der Waals surface area contributed by atoms with Crippen molar-refractivity contribution in [3.8, 4) is 0 Å². The van der Waals surface area contributed by atoms with Crippen LogP contribution in [0.15, 0.2) is 35.5 Å². The number of hydrogen-bond acceptors (Lipinski definition) is 0. The van der Waals surface area contributed by atoms with Gasteiger partial charge in [-0.3, -0.25) is 0 Å². The third-order valence-electron chi connectivity index (χ3n) is 1.94. The molecule has 0 atom stereocenters. The zero-order chi connectivity index (χ0) is 9.89. The molecule has 0 aliphatic rings. The second-order valence-electron chi connectivity index (χ2n) is 3.84. The van der Waals surface area contributed by atoms with Gasteiger partial charge >= 0.3 is 0 Å². The van der Waals surface area contributed by atoms with Gasteiger partial charge in [0, 0.05) is 0 Å². The Labute approximate surface area is 76.7 Å². The monoisotopic (exact) mass is 164 g/mol. The standard InChI is InChI=1S/C12H20/c1-8(2)11(7)12(9(3)4)10(5)6/h8H,3,7H2,1-2,4-6H3. The molecule has 0 saturated carbocycles. The van der Waals surface area contributed by atoms with Crippen LogP contribution in [0.25, 0.3) is 0 Å². The molecule has 0 bridgehead atoms. The first-order chi connectivity index (χ1) is 5.37. The SMILES string of the molecule is C=C(C)C(C(=C)C(C)C)=C(C)C. The third kappa shape index (κ3) is 2.69. The number of rotatable bonds is 3. The summed E-state index contributed by atoms with van der Waals surface area (Å²) in [5.74, 6) is 0.506. The summed E-state index contributed by atoms with van der Waals surface area (Å²) in [5.41, 5.74) is 4.88. The van der Waals surface area contributed by atoms with Gasteiger partial charge in [0.1, 0.15) is 0 Å². The van der Waals surface area contributed by atoms with E-state index in [4.69, 9.17) is 0 Å². The van der Waals surface area contributed by atoms with Crippen molar-refractivity contribution in [1.82, 2.24) is 0 Å². The highest BCUT2D eigenvalue weighted by Crippen LogP contribution is 2.25. The molecule has 0 radical (unpaired) electrons. The second kappa shape index (κ2) is 4.30. The Morgan fingerprint density at radius 3 is 1.50 bits per heavy atom. The van der Waals surface area contributed by atoms with Gasteiger partial charge in [0.05, 0.1) is 0 Å². The van der Waals surface area contributed by atoms with E-state index in [-0.39, 0.29) is 0 Å². The first-order valence-corrected chi connectivity index (χ1v) is 4.40. The predicted molar refractivity (Wildman–Crippen MR) is 57.2 cm³/mol. The first kappa shape index (κ1) is 11.2. The van der Waals surface area contributed by atoms with Crippen LogP contribution in [0.4, 0.5) is 0 Å². The molecule has 0 aromatic rings. The Balaban J connectivity index is 4.93. The summed E-state index contributed by atoms with van der Waals surface area (Å²) in [6.45, 7) is 18.6. The van der Waals surface area contributed by atoms with Crippen LogP contribution >= 0.6 is 0 Å². The Hall–Kier alpha value is -0.780. The molecule has 0 aliphatic heterocycles. The van der Waals surface area contributed by atoms with Gasteiger partial charge in [-0.15, -0.1) is 0 Å². The average Bonchev–Trinajstić information content (AvgIpc) is 1.85. The highest BCUT2D eigenvalue weighted by atomic mass is 14.1. The molecule has 68 valence electrons. The lowest BCUT2D eigenvalue weighted by atomic mass is 9.90. The van der Waals surface area contributed by atoms with Crippen molar-refractivity contribution in [3.05, 3.63) is 35.5 Å². The molecule has 0 spiro atoms. The minimum absolute atomic E-state index is 0.506. The lowest BCUT2D eigenvalue weighted by Gasteiger charge is -2.16. The lowest BCUT2D eigenvalue weighted by molar-refractivity contribution is 0.780. The smallest absolute Gasteiger partial charge is 0.0218 e. The van der Waals surface area contributed by atoms with E-state index in [0.717, 1.165) is 5.57 Å². The molecule has 0 aromatic carbocycles. The van der Waals surface area contributed by atoms with Crippen LogP contribution in [0.3, 0.4) is 0 Å². The molecule has 0 saturated heterocycles. The van der Waals surface area contributed by atoms with Crippen LogP contribution in [-0.4, -0.2) is 0 Å². The van der Waals surface area contributed by atoms with Crippen LogP contribution in [0.1, 0.15) is 34.6 Å². The molecule has 0 aromatic heterocycles. The van der Waals surface area contributed by atoms with Gasteiger partial charge in [-0.2, -0.15) is 0 Å². The van der Waals surface area contributed by atoms with Crippen molar-refractivity contribution < 1.29 is 0 Å². The van der Waals surface area contributed by atoms with Gasteiger partial charge < -0.3 is 0 Å². The van der Waals surface area contributed by atoms with Crippen molar-refractivity contribution in [1.29, 1.82) is 0 Å². The van der Waals surface area contributed by atoms with Crippen molar-refractivity contribution in [2.45, 2.75) is 34.6 Å². The first-order valence-electron chi connectivity index (χ1n) is 4.40. The maximum Gasteiger partial charge on any atom is -0.0218 e. The van der Waals surface area contributed by atoms with Crippen LogP contribution < -0.4 is 0 Å². The minimum Gasteiger partial charge on any atom is -0.0955 e. The Morgan fingerprint density at radius 1 is 1.00 bits per heavy atom. The van der Waals surface area contributed by atoms with Gasteiger partial charge in [-0.1, -0.05) is 38.2 Å². The van der Waals surface area contributed by atoms with Crippen LogP contribution in [0, 0.1) is 5.92 Å². The van der Waals surface area contributed by atoms with E-state index in [0.29, 0.717) is 5.92 Å². The predicted octanol–water partition coefficient (Wildman–Crippen LogP) is 4.11. The fourth-order valence-corrected chi connectivity index (χ4v) is 1.31. The van der Waals surface area contributed by atoms with E-state index in [1.807, 2.05) is 6.92 Å². The Kier molecular flexibility index (Phi) is 4.02. The fourth-order valence-electron chi connectivity index (χ4n) is 1.31. The summed E-state index contributed by atoms with van der Waals surface area (Å²) < 4.78 is 0. The molecule has 0 heteroatoms. The van der Waals surface area contributed by atoms with E-state index >= 15 is 0 Å². The van der Waals surface area contributed by atoms with Gasteiger partial charge in [0.25, 0.3) is 0 Å². The molecule has 0 N–H and O–H groups in total. The van der Waals surface area contributed by atoms with Gasteiger partial charge in [0.15, 0.2) is 0 Å². The van der Waals surface area contributed by atoms with Crippen molar-refractivity contribution in [2.24, 2.45) is 5.92 Å². The highest BCUT2D eigenvalue weighted by Gasteiger charge is 2.08. The highest BCUT2D eigenvalue weighted by molar-refractivity contribution is 5.46. The average molecular weight is 164 g/mol. The summed E-state index contributed by atoms with van der Waals surface area (Å²) in [6, 6.07) is 0. The maximum atomic E-state index is 4.08. The normalized spacial score (nSPS) is 9.83. The molecule has 0 unspecified atom stereocenters. The van der Waals surface area contributed by atoms with E-state index in [9.17, 15) is 0 Å². The summed E-state index contributed by atoms with van der Waals surface area (Å²) in [6.07, 6.45) is 0. The molecule has 0 rings (SSSR count). The van der Waals surface area contributed by atoms with Crippen LogP contribution in [0.5, 0.6) is 0 Å². The largest absolute Gasteiger partial charge is 0.0955 e. The van der Waals surface area contributed by atoms with Crippen molar-refractivity contribution >= 4 is 0 Å². The van der Waals surface area contributed by atoms with Crippen LogP contribution in [0.2, 0.25) is 0 Å². The number of allylic oxidation sites excluding steroid dienone is 4. The minimum atomic E-state index is 0.506. The van der Waals surface area contributed by atoms with Gasteiger partial charge in [0.2, 0.25) is 0 Å². The van der Waals surface area contributed by atoms with E-state index in [1.165, 1.54) is 16.7 Å². The third-order valence-corrected chi connectivity index (χ3v) is 1.94. The Bertz CT molecular complexity index is 222. The molecule has 0 nitrogen and oxygen atoms in total. The van der Waals surface area contributed by atoms with Crippen molar-refractivity contribution in [2.75, 3.05) is 0 Å². The van der Waals surface area contributed by atoms with Gasteiger partial charge in [-0.05, 0) is 37.8 Å². The summed E-state index contributed by atoms with van der Waals surface area (Å²) in [7, 11) is 0.